The minimum absolute atomic E-state index is 0.248. The van der Waals surface area contributed by atoms with Crippen molar-refractivity contribution >= 4 is 17.3 Å². The SMILES string of the molecule is C=CCn1ncc(N(CCC)CC2CCCN2)c(Cl)c1=O. The van der Waals surface area contributed by atoms with Gasteiger partial charge in [-0.2, -0.15) is 5.10 Å². The topological polar surface area (TPSA) is 50.2 Å². The number of halogens is 1. The molecule has 0 aliphatic carbocycles. The summed E-state index contributed by atoms with van der Waals surface area (Å²) < 4.78 is 1.33. The van der Waals surface area contributed by atoms with Crippen LogP contribution in [0.2, 0.25) is 5.02 Å². The molecule has 1 aromatic rings. The standard InChI is InChI=1S/C15H23ClN4O/c1-3-8-19(11-12-6-5-7-17-12)13-10-18-20(9-4-2)15(21)14(13)16/h4,10,12,17H,2-3,5-9,11H2,1H3. The zero-order chi connectivity index (χ0) is 15.2. The van der Waals surface area contributed by atoms with Gasteiger partial charge >= 0.3 is 0 Å². The van der Waals surface area contributed by atoms with Gasteiger partial charge < -0.3 is 10.2 Å². The maximum Gasteiger partial charge on any atom is 0.287 e. The van der Waals surface area contributed by atoms with Crippen molar-refractivity contribution in [3.8, 4) is 0 Å². The van der Waals surface area contributed by atoms with Crippen molar-refractivity contribution in [2.45, 2.75) is 38.8 Å². The van der Waals surface area contributed by atoms with Crippen LogP contribution in [0, 0.1) is 0 Å². The van der Waals surface area contributed by atoms with Crippen LogP contribution in [0.4, 0.5) is 5.69 Å². The van der Waals surface area contributed by atoms with E-state index in [1.165, 1.54) is 17.5 Å². The van der Waals surface area contributed by atoms with Gasteiger partial charge in [0.25, 0.3) is 5.56 Å². The first-order valence-electron chi connectivity index (χ1n) is 7.52. The van der Waals surface area contributed by atoms with E-state index in [9.17, 15) is 4.79 Å². The first kappa shape index (κ1) is 16.0. The summed E-state index contributed by atoms with van der Waals surface area (Å²) in [5.74, 6) is 0. The van der Waals surface area contributed by atoms with Gasteiger partial charge in [-0.1, -0.05) is 24.6 Å². The number of nitrogens with one attached hydrogen (secondary N) is 1. The average molecular weight is 311 g/mol. The van der Waals surface area contributed by atoms with E-state index in [-0.39, 0.29) is 10.6 Å². The summed E-state index contributed by atoms with van der Waals surface area (Å²) in [7, 11) is 0. The van der Waals surface area contributed by atoms with E-state index in [4.69, 9.17) is 11.6 Å². The second kappa shape index (κ2) is 7.61. The van der Waals surface area contributed by atoms with Crippen LogP contribution < -0.4 is 15.8 Å². The van der Waals surface area contributed by atoms with E-state index >= 15 is 0 Å². The van der Waals surface area contributed by atoms with Gasteiger partial charge in [-0.15, -0.1) is 6.58 Å². The van der Waals surface area contributed by atoms with Crippen LogP contribution in [-0.4, -0.2) is 35.5 Å². The number of hydrogen-bond acceptors (Lipinski definition) is 4. The van der Waals surface area contributed by atoms with Crippen molar-refractivity contribution in [2.24, 2.45) is 0 Å². The maximum absolute atomic E-state index is 12.2. The molecule has 0 radical (unpaired) electrons. The molecule has 1 saturated heterocycles. The van der Waals surface area contributed by atoms with Gasteiger partial charge in [0.15, 0.2) is 0 Å². The molecule has 1 N–H and O–H groups in total. The van der Waals surface area contributed by atoms with E-state index in [0.717, 1.165) is 31.7 Å². The van der Waals surface area contributed by atoms with Gasteiger partial charge in [-0.05, 0) is 25.8 Å². The molecular weight excluding hydrogens is 288 g/mol. The first-order chi connectivity index (χ1) is 10.2. The number of nitrogens with zero attached hydrogens (tertiary/aromatic N) is 3. The number of rotatable bonds is 7. The highest BCUT2D eigenvalue weighted by Crippen LogP contribution is 2.22. The molecule has 0 bridgehead atoms. The minimum atomic E-state index is -0.255. The molecule has 1 aliphatic heterocycles. The maximum atomic E-state index is 12.2. The predicted octanol–water partition coefficient (Wildman–Crippen LogP) is 2.05. The summed E-state index contributed by atoms with van der Waals surface area (Å²) in [5, 5.41) is 7.92. The molecule has 116 valence electrons. The Kier molecular flexibility index (Phi) is 5.82. The fourth-order valence-corrected chi connectivity index (χ4v) is 2.95. The summed E-state index contributed by atoms with van der Waals surface area (Å²) in [6.07, 6.45) is 6.70. The Balaban J connectivity index is 2.24. The molecule has 1 aromatic heterocycles. The molecule has 5 nitrogen and oxygen atoms in total. The van der Waals surface area contributed by atoms with Crippen molar-refractivity contribution < 1.29 is 0 Å². The highest BCUT2D eigenvalue weighted by atomic mass is 35.5. The Bertz CT molecular complexity index is 537. The molecule has 0 aromatic carbocycles. The lowest BCUT2D eigenvalue weighted by atomic mass is 10.2. The summed E-state index contributed by atoms with van der Waals surface area (Å²) in [6, 6.07) is 0.461. The molecule has 2 rings (SSSR count). The van der Waals surface area contributed by atoms with Gasteiger partial charge in [-0.25, -0.2) is 4.68 Å². The second-order valence-electron chi connectivity index (χ2n) is 5.36. The van der Waals surface area contributed by atoms with E-state index < -0.39 is 0 Å². The molecule has 1 aliphatic rings. The predicted molar refractivity (Wildman–Crippen MR) is 87.2 cm³/mol. The molecule has 1 unspecified atom stereocenters. The van der Waals surface area contributed by atoms with E-state index in [1.54, 1.807) is 12.3 Å². The van der Waals surface area contributed by atoms with E-state index in [1.807, 2.05) is 0 Å². The third-order valence-corrected chi connectivity index (χ3v) is 4.06. The van der Waals surface area contributed by atoms with Gasteiger partial charge in [0.1, 0.15) is 5.02 Å². The van der Waals surface area contributed by atoms with Crippen LogP contribution >= 0.6 is 11.6 Å². The van der Waals surface area contributed by atoms with Crippen molar-refractivity contribution in [3.63, 3.8) is 0 Å². The van der Waals surface area contributed by atoms with Crippen LogP contribution in [0.1, 0.15) is 26.2 Å². The lowest BCUT2D eigenvalue weighted by molar-refractivity contribution is 0.574. The van der Waals surface area contributed by atoms with Crippen molar-refractivity contribution in [1.82, 2.24) is 15.1 Å². The van der Waals surface area contributed by atoms with Crippen LogP contribution in [0.25, 0.3) is 0 Å². The summed E-state index contributed by atoms with van der Waals surface area (Å²) in [5.41, 5.74) is 0.479. The fraction of sp³-hybridized carbons (Fsp3) is 0.600. The van der Waals surface area contributed by atoms with Gasteiger partial charge in [0, 0.05) is 19.1 Å². The molecule has 2 heterocycles. The number of allylic oxidation sites excluding steroid dienone is 1. The van der Waals surface area contributed by atoms with Crippen LogP contribution in [0.5, 0.6) is 0 Å². The number of anilines is 1. The first-order valence-corrected chi connectivity index (χ1v) is 7.90. The zero-order valence-corrected chi connectivity index (χ0v) is 13.3. The Labute approximate surface area is 130 Å². The molecule has 1 atom stereocenters. The Hall–Kier alpha value is -1.33. The van der Waals surface area contributed by atoms with Crippen molar-refractivity contribution in [2.75, 3.05) is 24.5 Å². The Morgan fingerprint density at radius 1 is 1.67 bits per heavy atom. The van der Waals surface area contributed by atoms with Crippen molar-refractivity contribution in [3.05, 3.63) is 34.2 Å². The van der Waals surface area contributed by atoms with Gasteiger partial charge in [0.2, 0.25) is 0 Å². The summed E-state index contributed by atoms with van der Waals surface area (Å²) in [6.45, 7) is 8.91. The molecule has 0 spiro atoms. The lowest BCUT2D eigenvalue weighted by Gasteiger charge is -2.28. The average Bonchev–Trinajstić information content (AvgIpc) is 2.97. The molecule has 0 amide bonds. The monoisotopic (exact) mass is 310 g/mol. The van der Waals surface area contributed by atoms with E-state index in [0.29, 0.717) is 12.6 Å². The molecule has 1 fully saturated rings. The van der Waals surface area contributed by atoms with Crippen molar-refractivity contribution in [1.29, 1.82) is 0 Å². The molecule has 21 heavy (non-hydrogen) atoms. The van der Waals surface area contributed by atoms with Crippen LogP contribution in [0.3, 0.4) is 0 Å². The van der Waals surface area contributed by atoms with Gasteiger partial charge in [-0.3, -0.25) is 4.79 Å². The fourth-order valence-electron chi connectivity index (χ4n) is 2.69. The smallest absolute Gasteiger partial charge is 0.287 e. The van der Waals surface area contributed by atoms with Crippen LogP contribution in [0.15, 0.2) is 23.6 Å². The zero-order valence-electron chi connectivity index (χ0n) is 12.5. The third-order valence-electron chi connectivity index (χ3n) is 3.71. The molecule has 6 heteroatoms. The summed E-state index contributed by atoms with van der Waals surface area (Å²) >= 11 is 6.28. The summed E-state index contributed by atoms with van der Waals surface area (Å²) in [4.78, 5) is 14.4. The lowest BCUT2D eigenvalue weighted by Crippen LogP contribution is -2.39. The minimum Gasteiger partial charge on any atom is -0.367 e. The van der Waals surface area contributed by atoms with Gasteiger partial charge in [0.05, 0.1) is 18.4 Å². The number of aromatic nitrogens is 2. The quantitative estimate of drug-likeness (QED) is 0.783. The number of hydrogen-bond donors (Lipinski definition) is 1. The van der Waals surface area contributed by atoms with Crippen LogP contribution in [-0.2, 0) is 6.54 Å². The van der Waals surface area contributed by atoms with E-state index in [2.05, 4.69) is 28.8 Å². The second-order valence-corrected chi connectivity index (χ2v) is 5.74. The molecular formula is C15H23ClN4O. The largest absolute Gasteiger partial charge is 0.367 e. The molecule has 0 saturated carbocycles. The third kappa shape index (κ3) is 3.86. The normalized spacial score (nSPS) is 17.9. The Morgan fingerprint density at radius 3 is 3.10 bits per heavy atom. The highest BCUT2D eigenvalue weighted by Gasteiger charge is 2.21. The highest BCUT2D eigenvalue weighted by molar-refractivity contribution is 6.33. The Morgan fingerprint density at radius 2 is 2.48 bits per heavy atom.